The Balaban J connectivity index is 1.49. The van der Waals surface area contributed by atoms with E-state index in [0.29, 0.717) is 10.9 Å². The molecule has 3 aromatic rings. The van der Waals surface area contributed by atoms with Gasteiger partial charge in [-0.05, 0) is 43.4 Å². The van der Waals surface area contributed by atoms with Crippen molar-refractivity contribution in [2.24, 2.45) is 0 Å². The summed E-state index contributed by atoms with van der Waals surface area (Å²) in [6.07, 6.45) is 1.87. The lowest BCUT2D eigenvalue weighted by Gasteiger charge is -2.27. The van der Waals surface area contributed by atoms with Crippen LogP contribution in [0.5, 0.6) is 0 Å². The highest BCUT2D eigenvalue weighted by Crippen LogP contribution is 2.29. The standard InChI is InChI=1S/C23H22N2O4/c1-14(22(27)25-19-12-6-8-15-7-2-3-9-16(15)19)29-23(28)18-13-21(26)24-20-11-5-4-10-17(18)20/h2-5,7,9-11,13-14,19H,6,8,12H2,1H3,(H,24,26)(H,25,27)/t14-,19-/m0/s1. The predicted octanol–water partition coefficient (Wildman–Crippen LogP) is 3.27. The molecule has 0 fully saturated rings. The molecule has 0 spiro atoms. The Labute approximate surface area is 167 Å². The van der Waals surface area contributed by atoms with Gasteiger partial charge in [0.05, 0.1) is 11.6 Å². The van der Waals surface area contributed by atoms with Crippen LogP contribution in [0, 0.1) is 0 Å². The lowest BCUT2D eigenvalue weighted by molar-refractivity contribution is -0.130. The fraction of sp³-hybridized carbons (Fsp3) is 0.261. The van der Waals surface area contributed by atoms with Gasteiger partial charge in [0.1, 0.15) is 0 Å². The number of aromatic amines is 1. The third-order valence-corrected chi connectivity index (χ3v) is 5.31. The maximum atomic E-state index is 12.7. The monoisotopic (exact) mass is 390 g/mol. The SMILES string of the molecule is C[C@H](OC(=O)c1cc(=O)[nH]c2ccccc12)C(=O)N[C@H]1CCCc2ccccc21. The van der Waals surface area contributed by atoms with Crippen molar-refractivity contribution < 1.29 is 14.3 Å². The van der Waals surface area contributed by atoms with Crippen molar-refractivity contribution in [1.82, 2.24) is 10.3 Å². The van der Waals surface area contributed by atoms with Crippen molar-refractivity contribution >= 4 is 22.8 Å². The molecule has 1 aliphatic rings. The van der Waals surface area contributed by atoms with Crippen LogP contribution in [0.1, 0.15) is 47.3 Å². The summed E-state index contributed by atoms with van der Waals surface area (Å²) in [6, 6.07) is 16.2. The minimum Gasteiger partial charge on any atom is -0.449 e. The van der Waals surface area contributed by atoms with Crippen LogP contribution in [0.4, 0.5) is 0 Å². The van der Waals surface area contributed by atoms with Crippen LogP contribution in [0.15, 0.2) is 59.4 Å². The molecule has 0 saturated heterocycles. The van der Waals surface area contributed by atoms with Gasteiger partial charge < -0.3 is 15.0 Å². The molecule has 0 aliphatic heterocycles. The first kappa shape index (κ1) is 18.9. The molecular weight excluding hydrogens is 368 g/mol. The summed E-state index contributed by atoms with van der Waals surface area (Å²) in [6.45, 7) is 1.54. The second-order valence-electron chi connectivity index (χ2n) is 7.29. The second-order valence-corrected chi connectivity index (χ2v) is 7.29. The van der Waals surface area contributed by atoms with Gasteiger partial charge >= 0.3 is 5.97 Å². The van der Waals surface area contributed by atoms with Gasteiger partial charge in [0, 0.05) is 17.0 Å². The van der Waals surface area contributed by atoms with Gasteiger partial charge in [-0.2, -0.15) is 0 Å². The van der Waals surface area contributed by atoms with Crippen molar-refractivity contribution in [2.45, 2.75) is 38.3 Å². The van der Waals surface area contributed by atoms with E-state index in [1.165, 1.54) is 18.6 Å². The van der Waals surface area contributed by atoms with Crippen molar-refractivity contribution in [3.05, 3.63) is 81.6 Å². The summed E-state index contributed by atoms with van der Waals surface area (Å²) in [5.74, 6) is -1.05. The zero-order valence-corrected chi connectivity index (χ0v) is 16.1. The van der Waals surface area contributed by atoms with Gasteiger partial charge in [-0.3, -0.25) is 9.59 Å². The highest BCUT2D eigenvalue weighted by Gasteiger charge is 2.26. The first-order chi connectivity index (χ1) is 14.0. The molecule has 2 aromatic carbocycles. The Kier molecular flexibility index (Phi) is 5.16. The van der Waals surface area contributed by atoms with Gasteiger partial charge in [-0.25, -0.2) is 4.79 Å². The normalized spacial score (nSPS) is 16.7. The Morgan fingerprint density at radius 3 is 2.76 bits per heavy atom. The van der Waals surface area contributed by atoms with E-state index >= 15 is 0 Å². The van der Waals surface area contributed by atoms with E-state index in [1.807, 2.05) is 18.2 Å². The highest BCUT2D eigenvalue weighted by atomic mass is 16.5. The Bertz CT molecular complexity index is 1130. The van der Waals surface area contributed by atoms with Crippen molar-refractivity contribution in [2.75, 3.05) is 0 Å². The maximum absolute atomic E-state index is 12.7. The van der Waals surface area contributed by atoms with E-state index in [1.54, 1.807) is 24.3 Å². The molecule has 0 saturated carbocycles. The molecule has 1 aliphatic carbocycles. The molecule has 6 heteroatoms. The fourth-order valence-electron chi connectivity index (χ4n) is 3.84. The Hall–Kier alpha value is -3.41. The summed E-state index contributed by atoms with van der Waals surface area (Å²) in [5, 5.41) is 3.57. The Morgan fingerprint density at radius 1 is 1.14 bits per heavy atom. The summed E-state index contributed by atoms with van der Waals surface area (Å²) >= 11 is 0. The van der Waals surface area contributed by atoms with E-state index < -0.39 is 17.6 Å². The van der Waals surface area contributed by atoms with Crippen LogP contribution in [0.25, 0.3) is 10.9 Å². The minimum absolute atomic E-state index is 0.0889. The van der Waals surface area contributed by atoms with E-state index in [4.69, 9.17) is 4.74 Å². The molecule has 6 nitrogen and oxygen atoms in total. The van der Waals surface area contributed by atoms with Crippen LogP contribution in [-0.2, 0) is 16.0 Å². The molecule has 0 radical (unpaired) electrons. The average Bonchev–Trinajstić information content (AvgIpc) is 2.73. The Morgan fingerprint density at radius 2 is 1.90 bits per heavy atom. The number of rotatable bonds is 4. The molecule has 2 atom stereocenters. The van der Waals surface area contributed by atoms with Crippen molar-refractivity contribution in [3.8, 4) is 0 Å². The number of carbonyl (C=O) groups excluding carboxylic acids is 2. The molecule has 4 rings (SSSR count). The number of fused-ring (bicyclic) bond motifs is 2. The summed E-state index contributed by atoms with van der Waals surface area (Å²) in [7, 11) is 0. The highest BCUT2D eigenvalue weighted by molar-refractivity contribution is 6.03. The van der Waals surface area contributed by atoms with Crippen molar-refractivity contribution in [1.29, 1.82) is 0 Å². The van der Waals surface area contributed by atoms with Crippen LogP contribution >= 0.6 is 0 Å². The molecule has 1 heterocycles. The number of ether oxygens (including phenoxy) is 1. The van der Waals surface area contributed by atoms with E-state index in [9.17, 15) is 14.4 Å². The predicted molar refractivity (Wildman–Crippen MR) is 110 cm³/mol. The lowest BCUT2D eigenvalue weighted by Crippen LogP contribution is -2.39. The molecule has 0 bridgehead atoms. The number of carbonyl (C=O) groups is 2. The smallest absolute Gasteiger partial charge is 0.339 e. The number of amides is 1. The number of hydrogen-bond acceptors (Lipinski definition) is 4. The topological polar surface area (TPSA) is 88.3 Å². The number of para-hydroxylation sites is 1. The van der Waals surface area contributed by atoms with Gasteiger partial charge in [0.15, 0.2) is 6.10 Å². The molecule has 29 heavy (non-hydrogen) atoms. The molecular formula is C23H22N2O4. The number of aromatic nitrogens is 1. The summed E-state index contributed by atoms with van der Waals surface area (Å²) in [4.78, 5) is 39.9. The molecule has 1 amide bonds. The number of pyridine rings is 1. The summed E-state index contributed by atoms with van der Waals surface area (Å²) < 4.78 is 5.39. The largest absolute Gasteiger partial charge is 0.449 e. The van der Waals surface area contributed by atoms with E-state index in [0.717, 1.165) is 24.8 Å². The number of benzene rings is 2. The summed E-state index contributed by atoms with van der Waals surface area (Å²) in [5.41, 5.74) is 2.65. The fourth-order valence-corrected chi connectivity index (χ4v) is 3.84. The van der Waals surface area contributed by atoms with Crippen LogP contribution < -0.4 is 10.9 Å². The van der Waals surface area contributed by atoms with Gasteiger partial charge in [-0.1, -0.05) is 42.5 Å². The molecule has 148 valence electrons. The number of hydrogen-bond donors (Lipinski definition) is 2. The third kappa shape index (κ3) is 3.92. The van der Waals surface area contributed by atoms with Crippen molar-refractivity contribution in [3.63, 3.8) is 0 Å². The lowest BCUT2D eigenvalue weighted by atomic mass is 9.87. The molecule has 0 unspecified atom stereocenters. The first-order valence-electron chi connectivity index (χ1n) is 9.74. The molecule has 1 aromatic heterocycles. The number of nitrogens with one attached hydrogen (secondary N) is 2. The van der Waals surface area contributed by atoms with E-state index in [-0.39, 0.29) is 17.5 Å². The zero-order chi connectivity index (χ0) is 20.4. The van der Waals surface area contributed by atoms with E-state index in [2.05, 4.69) is 16.4 Å². The van der Waals surface area contributed by atoms with Crippen LogP contribution in [-0.4, -0.2) is 23.0 Å². The van der Waals surface area contributed by atoms with Gasteiger partial charge in [-0.15, -0.1) is 0 Å². The van der Waals surface area contributed by atoms with Gasteiger partial charge in [0.2, 0.25) is 5.56 Å². The number of aryl methyl sites for hydroxylation is 1. The van der Waals surface area contributed by atoms with Crippen LogP contribution in [0.3, 0.4) is 0 Å². The van der Waals surface area contributed by atoms with Crippen LogP contribution in [0.2, 0.25) is 0 Å². The quantitative estimate of drug-likeness (QED) is 0.669. The maximum Gasteiger partial charge on any atom is 0.339 e. The average molecular weight is 390 g/mol. The van der Waals surface area contributed by atoms with Gasteiger partial charge in [0.25, 0.3) is 5.91 Å². The second kappa shape index (κ2) is 7.91. The zero-order valence-electron chi connectivity index (χ0n) is 16.1. The minimum atomic E-state index is -0.977. The number of esters is 1. The first-order valence-corrected chi connectivity index (χ1v) is 9.74. The third-order valence-electron chi connectivity index (χ3n) is 5.31. The number of H-pyrrole nitrogens is 1. The molecule has 2 N–H and O–H groups in total.